The van der Waals surface area contributed by atoms with Crippen LogP contribution in [0.1, 0.15) is 17.0 Å². The van der Waals surface area contributed by atoms with Gasteiger partial charge in [0.15, 0.2) is 5.96 Å². The van der Waals surface area contributed by atoms with E-state index in [0.717, 1.165) is 16.3 Å². The molecule has 1 heterocycles. The molecule has 0 bridgehead atoms. The van der Waals surface area contributed by atoms with Crippen LogP contribution in [-0.2, 0) is 0 Å². The largest absolute Gasteiger partial charge is 0.370 e. The van der Waals surface area contributed by atoms with Crippen LogP contribution in [0.5, 0.6) is 0 Å². The van der Waals surface area contributed by atoms with Crippen molar-refractivity contribution in [2.75, 3.05) is 6.54 Å². The maximum Gasteiger partial charge on any atom is 0.193 e. The fourth-order valence-electron chi connectivity index (χ4n) is 2.37. The maximum atomic E-state index is 6.12. The Morgan fingerprint density at radius 2 is 1.90 bits per heavy atom. The fourth-order valence-corrected chi connectivity index (χ4v) is 2.56. The Labute approximate surface area is 129 Å². The van der Waals surface area contributed by atoms with E-state index in [-0.39, 0.29) is 18.3 Å². The molecule has 1 aliphatic heterocycles. The van der Waals surface area contributed by atoms with Crippen molar-refractivity contribution in [2.24, 2.45) is 10.7 Å². The summed E-state index contributed by atoms with van der Waals surface area (Å²) >= 11 is 6.12. The predicted octanol–water partition coefficient (Wildman–Crippen LogP) is 3.44. The number of halogens is 2. The highest BCUT2D eigenvalue weighted by atomic mass is 35.5. The minimum Gasteiger partial charge on any atom is -0.370 e. The smallest absolute Gasteiger partial charge is 0.193 e. The zero-order chi connectivity index (χ0) is 13.2. The summed E-state index contributed by atoms with van der Waals surface area (Å²) in [5.74, 6) is 0.640. The number of rotatable bonds is 1. The van der Waals surface area contributed by atoms with E-state index in [9.17, 15) is 0 Å². The first-order chi connectivity index (χ1) is 9.24. The minimum absolute atomic E-state index is 0. The van der Waals surface area contributed by atoms with Crippen molar-refractivity contribution in [1.82, 2.24) is 5.32 Å². The van der Waals surface area contributed by atoms with Crippen molar-refractivity contribution in [3.63, 3.8) is 0 Å². The topological polar surface area (TPSA) is 50.4 Å². The zero-order valence-electron chi connectivity index (χ0n) is 10.7. The summed E-state index contributed by atoms with van der Waals surface area (Å²) in [7, 11) is 0. The molecule has 20 heavy (non-hydrogen) atoms. The van der Waals surface area contributed by atoms with E-state index >= 15 is 0 Å². The maximum absolute atomic E-state index is 6.12. The lowest BCUT2D eigenvalue weighted by Crippen LogP contribution is -2.33. The van der Waals surface area contributed by atoms with Gasteiger partial charge in [0.25, 0.3) is 0 Å². The lowest BCUT2D eigenvalue weighted by Gasteiger charge is -2.17. The number of hydrogen-bond acceptors (Lipinski definition) is 3. The molecule has 0 amide bonds. The SMILES string of the molecule is Cl.NC1=Nc2ccc(Cl)cc2C(c2ccccc2)CN1. The Morgan fingerprint density at radius 3 is 2.65 bits per heavy atom. The summed E-state index contributed by atoms with van der Waals surface area (Å²) in [5.41, 5.74) is 9.04. The van der Waals surface area contributed by atoms with Gasteiger partial charge in [0.2, 0.25) is 0 Å². The third-order valence-corrected chi connectivity index (χ3v) is 3.53. The molecular formula is C15H15Cl2N3. The molecule has 3 nitrogen and oxygen atoms in total. The number of hydrogen-bond donors (Lipinski definition) is 2. The molecule has 1 atom stereocenters. The second kappa shape index (κ2) is 6.16. The van der Waals surface area contributed by atoms with Crippen LogP contribution in [0.4, 0.5) is 5.69 Å². The first-order valence-electron chi connectivity index (χ1n) is 6.16. The van der Waals surface area contributed by atoms with E-state index in [4.69, 9.17) is 17.3 Å². The van der Waals surface area contributed by atoms with Crippen LogP contribution in [0.2, 0.25) is 5.02 Å². The van der Waals surface area contributed by atoms with Gasteiger partial charge in [0.05, 0.1) is 5.69 Å². The standard InChI is InChI=1S/C15H14ClN3.ClH/c16-11-6-7-14-12(8-11)13(9-18-15(17)19-14)10-4-2-1-3-5-10;/h1-8,13H,9H2,(H3,17,18,19);1H. The number of benzene rings is 2. The van der Waals surface area contributed by atoms with Crippen molar-refractivity contribution in [3.8, 4) is 0 Å². The van der Waals surface area contributed by atoms with Crippen LogP contribution in [0.3, 0.4) is 0 Å². The molecule has 0 aromatic heterocycles. The van der Waals surface area contributed by atoms with Crippen molar-refractivity contribution < 1.29 is 0 Å². The van der Waals surface area contributed by atoms with Gasteiger partial charge in [0, 0.05) is 17.5 Å². The highest BCUT2D eigenvalue weighted by Gasteiger charge is 2.20. The summed E-state index contributed by atoms with van der Waals surface area (Å²) in [4.78, 5) is 4.38. The average Bonchev–Trinajstić information content (AvgIpc) is 2.58. The van der Waals surface area contributed by atoms with Crippen LogP contribution >= 0.6 is 24.0 Å². The first kappa shape index (κ1) is 14.7. The summed E-state index contributed by atoms with van der Waals surface area (Å²) in [6.45, 7) is 0.715. The molecule has 2 aromatic rings. The van der Waals surface area contributed by atoms with Crippen LogP contribution in [-0.4, -0.2) is 12.5 Å². The molecule has 3 N–H and O–H groups in total. The van der Waals surface area contributed by atoms with Gasteiger partial charge in [-0.2, -0.15) is 0 Å². The van der Waals surface area contributed by atoms with Gasteiger partial charge >= 0.3 is 0 Å². The predicted molar refractivity (Wildman–Crippen MR) is 86.3 cm³/mol. The van der Waals surface area contributed by atoms with Crippen molar-refractivity contribution in [2.45, 2.75) is 5.92 Å². The monoisotopic (exact) mass is 307 g/mol. The summed E-state index contributed by atoms with van der Waals surface area (Å²) in [6, 6.07) is 16.0. The lowest BCUT2D eigenvalue weighted by molar-refractivity contribution is 0.764. The molecule has 0 aliphatic carbocycles. The van der Waals surface area contributed by atoms with E-state index in [1.54, 1.807) is 0 Å². The number of guanidine groups is 1. The third-order valence-electron chi connectivity index (χ3n) is 3.30. The van der Waals surface area contributed by atoms with E-state index in [1.807, 2.05) is 36.4 Å². The Hall–Kier alpha value is -1.71. The molecule has 2 aromatic carbocycles. The first-order valence-corrected chi connectivity index (χ1v) is 6.54. The quantitative estimate of drug-likeness (QED) is 0.848. The highest BCUT2D eigenvalue weighted by Crippen LogP contribution is 2.34. The van der Waals surface area contributed by atoms with Crippen LogP contribution in [0.15, 0.2) is 53.5 Å². The molecular weight excluding hydrogens is 293 g/mol. The number of nitrogens with one attached hydrogen (secondary N) is 1. The highest BCUT2D eigenvalue weighted by molar-refractivity contribution is 6.30. The molecule has 0 saturated carbocycles. The number of aliphatic imine (C=N–C) groups is 1. The molecule has 0 saturated heterocycles. The van der Waals surface area contributed by atoms with Gasteiger partial charge in [-0.3, -0.25) is 0 Å². The Bertz CT molecular complexity index is 626. The van der Waals surface area contributed by atoms with Gasteiger partial charge in [-0.25, -0.2) is 4.99 Å². The lowest BCUT2D eigenvalue weighted by atomic mass is 9.90. The Morgan fingerprint density at radius 1 is 1.15 bits per heavy atom. The van der Waals surface area contributed by atoms with E-state index in [0.29, 0.717) is 12.5 Å². The van der Waals surface area contributed by atoms with Gasteiger partial charge in [-0.05, 0) is 29.3 Å². The van der Waals surface area contributed by atoms with E-state index < -0.39 is 0 Å². The Kier molecular flexibility index (Phi) is 4.53. The number of nitrogens with two attached hydrogens (primary N) is 1. The normalized spacial score (nSPS) is 17.1. The second-order valence-corrected chi connectivity index (χ2v) is 4.98. The van der Waals surface area contributed by atoms with Gasteiger partial charge in [0.1, 0.15) is 0 Å². The van der Waals surface area contributed by atoms with Crippen molar-refractivity contribution in [1.29, 1.82) is 0 Å². The minimum atomic E-state index is 0. The summed E-state index contributed by atoms with van der Waals surface area (Å²) in [5, 5.41) is 3.86. The fraction of sp³-hybridized carbons (Fsp3) is 0.133. The summed E-state index contributed by atoms with van der Waals surface area (Å²) in [6.07, 6.45) is 0. The average molecular weight is 308 g/mol. The molecule has 1 aliphatic rings. The van der Waals surface area contributed by atoms with Crippen molar-refractivity contribution in [3.05, 3.63) is 64.7 Å². The molecule has 104 valence electrons. The summed E-state index contributed by atoms with van der Waals surface area (Å²) < 4.78 is 0. The zero-order valence-corrected chi connectivity index (χ0v) is 12.3. The van der Waals surface area contributed by atoms with Gasteiger partial charge in [-0.1, -0.05) is 41.9 Å². The van der Waals surface area contributed by atoms with Crippen LogP contribution in [0.25, 0.3) is 0 Å². The van der Waals surface area contributed by atoms with Gasteiger partial charge < -0.3 is 11.1 Å². The number of nitrogens with zero attached hydrogens (tertiary/aromatic N) is 1. The van der Waals surface area contributed by atoms with Crippen LogP contribution < -0.4 is 11.1 Å². The molecule has 3 rings (SSSR count). The van der Waals surface area contributed by atoms with Crippen LogP contribution in [0, 0.1) is 0 Å². The molecule has 5 heteroatoms. The Balaban J connectivity index is 0.00000147. The molecule has 1 unspecified atom stereocenters. The molecule has 0 spiro atoms. The molecule has 0 fully saturated rings. The molecule has 0 radical (unpaired) electrons. The number of fused-ring (bicyclic) bond motifs is 1. The third kappa shape index (κ3) is 2.89. The van der Waals surface area contributed by atoms with Crippen molar-refractivity contribution >= 4 is 35.7 Å². The van der Waals surface area contributed by atoms with E-state index in [1.165, 1.54) is 5.56 Å². The van der Waals surface area contributed by atoms with Gasteiger partial charge in [-0.15, -0.1) is 12.4 Å². The van der Waals surface area contributed by atoms with E-state index in [2.05, 4.69) is 22.4 Å². The second-order valence-electron chi connectivity index (χ2n) is 4.54.